The van der Waals surface area contributed by atoms with Crippen molar-refractivity contribution in [2.45, 2.75) is 76.8 Å². The van der Waals surface area contributed by atoms with E-state index in [1.807, 2.05) is 0 Å². The van der Waals surface area contributed by atoms with E-state index in [1.54, 1.807) is 0 Å². The van der Waals surface area contributed by atoms with Gasteiger partial charge in [-0.3, -0.25) is 4.68 Å². The Labute approximate surface area is 123 Å². The van der Waals surface area contributed by atoms with E-state index >= 15 is 0 Å². The molecule has 20 heavy (non-hydrogen) atoms. The molecule has 3 heteroatoms. The van der Waals surface area contributed by atoms with Crippen molar-refractivity contribution < 1.29 is 0 Å². The molecule has 0 spiro atoms. The number of hydrogen-bond donors (Lipinski definition) is 1. The minimum absolute atomic E-state index is 0.533. The molecule has 1 unspecified atom stereocenters. The Hall–Kier alpha value is -0.830. The first kappa shape index (κ1) is 14.1. The average molecular weight is 275 g/mol. The molecule has 2 aliphatic carbocycles. The van der Waals surface area contributed by atoms with Crippen LogP contribution in [0.25, 0.3) is 0 Å². The fraction of sp³-hybridized carbons (Fsp3) is 0.824. The van der Waals surface area contributed by atoms with Gasteiger partial charge in [-0.05, 0) is 44.9 Å². The highest BCUT2D eigenvalue weighted by molar-refractivity contribution is 5.24. The molecule has 0 amide bonds. The number of rotatable bonds is 3. The van der Waals surface area contributed by atoms with Crippen LogP contribution in [0.1, 0.15) is 75.6 Å². The van der Waals surface area contributed by atoms with E-state index in [9.17, 15) is 0 Å². The smallest absolute Gasteiger partial charge is 0.0540 e. The van der Waals surface area contributed by atoms with E-state index in [1.165, 1.54) is 69.0 Å². The van der Waals surface area contributed by atoms with Crippen LogP contribution in [0.5, 0.6) is 0 Å². The Kier molecular flexibility index (Phi) is 4.45. The Morgan fingerprint density at radius 2 is 1.90 bits per heavy atom. The van der Waals surface area contributed by atoms with Gasteiger partial charge in [0.05, 0.1) is 6.20 Å². The zero-order chi connectivity index (χ0) is 13.9. The average Bonchev–Trinajstić information content (AvgIpc) is 2.68. The van der Waals surface area contributed by atoms with Gasteiger partial charge < -0.3 is 5.32 Å². The van der Waals surface area contributed by atoms with Crippen molar-refractivity contribution in [1.82, 2.24) is 15.1 Å². The summed E-state index contributed by atoms with van der Waals surface area (Å²) in [7, 11) is 2.08. The summed E-state index contributed by atoms with van der Waals surface area (Å²) in [6, 6.07) is 1.18. The number of fused-ring (bicyclic) bond motifs is 1. The minimum atomic E-state index is 0.533. The molecule has 0 bridgehead atoms. The van der Waals surface area contributed by atoms with Crippen LogP contribution in [0.4, 0.5) is 0 Å². The molecule has 1 heterocycles. The van der Waals surface area contributed by atoms with E-state index in [2.05, 4.69) is 35.3 Å². The third-order valence-electron chi connectivity index (χ3n) is 5.45. The van der Waals surface area contributed by atoms with Crippen molar-refractivity contribution in [3.8, 4) is 0 Å². The van der Waals surface area contributed by atoms with E-state index in [-0.39, 0.29) is 0 Å². The lowest BCUT2D eigenvalue weighted by Gasteiger charge is -2.31. The highest BCUT2D eigenvalue weighted by Gasteiger charge is 2.27. The van der Waals surface area contributed by atoms with Crippen molar-refractivity contribution in [1.29, 1.82) is 0 Å². The van der Waals surface area contributed by atoms with Crippen LogP contribution in [0.15, 0.2) is 6.20 Å². The predicted octanol–water partition coefficient (Wildman–Crippen LogP) is 3.75. The fourth-order valence-corrected chi connectivity index (χ4v) is 4.14. The zero-order valence-corrected chi connectivity index (χ0v) is 13.1. The van der Waals surface area contributed by atoms with Gasteiger partial charge in [-0.2, -0.15) is 5.10 Å². The van der Waals surface area contributed by atoms with Crippen molar-refractivity contribution in [2.75, 3.05) is 0 Å². The van der Waals surface area contributed by atoms with E-state index in [0.717, 1.165) is 5.92 Å². The van der Waals surface area contributed by atoms with Crippen LogP contribution < -0.4 is 5.32 Å². The molecule has 2 aliphatic rings. The molecule has 3 nitrogen and oxygen atoms in total. The Bertz CT molecular complexity index is 429. The molecule has 1 aromatic rings. The number of aromatic nitrogens is 2. The maximum atomic E-state index is 4.46. The fourth-order valence-electron chi connectivity index (χ4n) is 4.14. The van der Waals surface area contributed by atoms with Gasteiger partial charge in [-0.1, -0.05) is 25.7 Å². The van der Waals surface area contributed by atoms with Gasteiger partial charge in [0.2, 0.25) is 0 Å². The van der Waals surface area contributed by atoms with Crippen molar-refractivity contribution in [3.05, 3.63) is 17.5 Å². The Morgan fingerprint density at radius 3 is 2.65 bits per heavy atom. The lowest BCUT2D eigenvalue weighted by Crippen LogP contribution is -2.37. The molecular weight excluding hydrogens is 246 g/mol. The molecular formula is C17H29N3. The Balaban J connectivity index is 1.65. The van der Waals surface area contributed by atoms with Crippen LogP contribution in [0.2, 0.25) is 0 Å². The summed E-state index contributed by atoms with van der Waals surface area (Å²) in [6.07, 6.45) is 14.4. The minimum Gasteiger partial charge on any atom is -0.307 e. The molecule has 1 fully saturated rings. The van der Waals surface area contributed by atoms with Crippen LogP contribution >= 0.6 is 0 Å². The molecule has 2 atom stereocenters. The van der Waals surface area contributed by atoms with Crippen molar-refractivity contribution >= 4 is 0 Å². The molecule has 1 saturated carbocycles. The Morgan fingerprint density at radius 1 is 1.15 bits per heavy atom. The summed E-state index contributed by atoms with van der Waals surface area (Å²) in [5, 5.41) is 8.39. The largest absolute Gasteiger partial charge is 0.307 e. The number of nitrogens with zero attached hydrogens (tertiary/aromatic N) is 2. The summed E-state index contributed by atoms with van der Waals surface area (Å²) in [5.41, 5.74) is 2.90. The second-order valence-electron chi connectivity index (χ2n) is 6.82. The third-order valence-corrected chi connectivity index (χ3v) is 5.45. The molecule has 0 saturated heterocycles. The van der Waals surface area contributed by atoms with Crippen LogP contribution in [0, 0.1) is 5.92 Å². The lowest BCUT2D eigenvalue weighted by molar-refractivity contribution is 0.296. The summed E-state index contributed by atoms with van der Waals surface area (Å²) in [5.74, 6) is 0.875. The topological polar surface area (TPSA) is 29.9 Å². The first-order chi connectivity index (χ1) is 9.75. The summed E-state index contributed by atoms with van der Waals surface area (Å²) in [6.45, 7) is 2.40. The number of hydrogen-bond acceptors (Lipinski definition) is 2. The second-order valence-corrected chi connectivity index (χ2v) is 6.82. The molecule has 3 rings (SSSR count). The summed E-state index contributed by atoms with van der Waals surface area (Å²) >= 11 is 0. The highest BCUT2D eigenvalue weighted by atomic mass is 15.3. The van der Waals surface area contributed by atoms with E-state index < -0.39 is 0 Å². The van der Waals surface area contributed by atoms with Gasteiger partial charge in [0.25, 0.3) is 0 Å². The van der Waals surface area contributed by atoms with E-state index in [4.69, 9.17) is 0 Å². The van der Waals surface area contributed by atoms with Crippen LogP contribution in [-0.2, 0) is 13.5 Å². The van der Waals surface area contributed by atoms with Crippen LogP contribution in [-0.4, -0.2) is 15.8 Å². The maximum Gasteiger partial charge on any atom is 0.0540 e. The SMILES string of the molecule is C[C@H](NC1CCCc2c1cnn2C)C1CCCCCC1. The van der Waals surface area contributed by atoms with Gasteiger partial charge in [0.15, 0.2) is 0 Å². The molecule has 1 N–H and O–H groups in total. The first-order valence-electron chi connectivity index (χ1n) is 8.52. The predicted molar refractivity (Wildman–Crippen MR) is 82.7 cm³/mol. The first-order valence-corrected chi connectivity index (χ1v) is 8.52. The monoisotopic (exact) mass is 275 g/mol. The van der Waals surface area contributed by atoms with Crippen LogP contribution in [0.3, 0.4) is 0 Å². The van der Waals surface area contributed by atoms with Crippen molar-refractivity contribution in [3.63, 3.8) is 0 Å². The van der Waals surface area contributed by atoms with Gasteiger partial charge in [-0.15, -0.1) is 0 Å². The standard InChI is InChI=1S/C17H29N3/c1-13(14-8-5-3-4-6-9-14)19-16-10-7-11-17-15(16)12-18-20(17)2/h12-14,16,19H,3-11H2,1-2H3/t13-,16?/m0/s1. The number of aryl methyl sites for hydroxylation is 1. The van der Waals surface area contributed by atoms with Gasteiger partial charge in [0.1, 0.15) is 0 Å². The van der Waals surface area contributed by atoms with Crippen molar-refractivity contribution in [2.24, 2.45) is 13.0 Å². The maximum absolute atomic E-state index is 4.46. The summed E-state index contributed by atoms with van der Waals surface area (Å²) in [4.78, 5) is 0. The van der Waals surface area contributed by atoms with Gasteiger partial charge in [-0.25, -0.2) is 0 Å². The second kappa shape index (κ2) is 6.30. The van der Waals surface area contributed by atoms with Gasteiger partial charge in [0, 0.05) is 30.4 Å². The normalized spacial score (nSPS) is 26.0. The highest BCUT2D eigenvalue weighted by Crippen LogP contribution is 2.32. The zero-order valence-electron chi connectivity index (χ0n) is 13.1. The quantitative estimate of drug-likeness (QED) is 0.852. The van der Waals surface area contributed by atoms with E-state index in [0.29, 0.717) is 12.1 Å². The number of nitrogens with one attached hydrogen (secondary N) is 1. The molecule has 0 aromatic carbocycles. The van der Waals surface area contributed by atoms with Gasteiger partial charge >= 0.3 is 0 Å². The third kappa shape index (κ3) is 2.93. The molecule has 112 valence electrons. The molecule has 1 aromatic heterocycles. The summed E-state index contributed by atoms with van der Waals surface area (Å²) < 4.78 is 2.07. The molecule has 0 radical (unpaired) electrons. The molecule has 0 aliphatic heterocycles. The lowest BCUT2D eigenvalue weighted by atomic mass is 9.88.